The SMILES string of the molecule is Cc1ccc(Cl)c(C(=O)O)c1OC(F)F. The molecule has 0 aliphatic rings. The van der Waals surface area contributed by atoms with Gasteiger partial charge in [-0.05, 0) is 18.6 Å². The molecular weight excluding hydrogens is 230 g/mol. The smallest absolute Gasteiger partial charge is 0.387 e. The molecule has 1 rings (SSSR count). The number of ether oxygens (including phenoxy) is 1. The third-order valence-corrected chi connectivity index (χ3v) is 2.04. The topological polar surface area (TPSA) is 46.5 Å². The molecule has 0 aromatic heterocycles. The summed E-state index contributed by atoms with van der Waals surface area (Å²) in [5.74, 6) is -1.80. The standard InChI is InChI=1S/C9H7ClF2O3/c1-4-2-3-5(10)6(8(13)14)7(4)15-9(11)12/h2-3,9H,1H3,(H,13,14). The molecule has 1 N–H and O–H groups in total. The minimum atomic E-state index is -3.08. The number of carbonyl (C=O) groups is 1. The van der Waals surface area contributed by atoms with Gasteiger partial charge >= 0.3 is 12.6 Å². The molecule has 0 aliphatic heterocycles. The highest BCUT2D eigenvalue weighted by Gasteiger charge is 2.20. The van der Waals surface area contributed by atoms with Gasteiger partial charge in [0.2, 0.25) is 0 Å². The molecule has 6 heteroatoms. The van der Waals surface area contributed by atoms with Crippen LogP contribution in [-0.4, -0.2) is 17.7 Å². The molecule has 0 unspecified atom stereocenters. The van der Waals surface area contributed by atoms with Crippen LogP contribution in [0.4, 0.5) is 8.78 Å². The van der Waals surface area contributed by atoms with E-state index < -0.39 is 23.9 Å². The summed E-state index contributed by atoms with van der Waals surface area (Å²) in [6, 6.07) is 2.73. The zero-order chi connectivity index (χ0) is 11.6. The maximum Gasteiger partial charge on any atom is 0.387 e. The summed E-state index contributed by atoms with van der Waals surface area (Å²) in [4.78, 5) is 10.8. The van der Waals surface area contributed by atoms with E-state index in [1.165, 1.54) is 19.1 Å². The molecule has 0 atom stereocenters. The highest BCUT2D eigenvalue weighted by Crippen LogP contribution is 2.31. The molecule has 0 amide bonds. The van der Waals surface area contributed by atoms with Crippen LogP contribution in [0.1, 0.15) is 15.9 Å². The number of carboxylic acid groups (broad SMARTS) is 1. The van der Waals surface area contributed by atoms with E-state index in [1.54, 1.807) is 0 Å². The van der Waals surface area contributed by atoms with Gasteiger partial charge in [0.25, 0.3) is 0 Å². The summed E-state index contributed by atoms with van der Waals surface area (Å²) >= 11 is 5.57. The summed E-state index contributed by atoms with van der Waals surface area (Å²) in [7, 11) is 0. The summed E-state index contributed by atoms with van der Waals surface area (Å²) in [5.41, 5.74) is -0.158. The van der Waals surface area contributed by atoms with Crippen molar-refractivity contribution in [3.8, 4) is 5.75 Å². The summed E-state index contributed by atoms with van der Waals surface area (Å²) in [5, 5.41) is 8.64. The first-order valence-corrected chi connectivity index (χ1v) is 4.28. The Bertz CT molecular complexity index is 393. The quantitative estimate of drug-likeness (QED) is 0.878. The largest absolute Gasteiger partial charge is 0.478 e. The second-order valence-corrected chi connectivity index (χ2v) is 3.16. The number of alkyl halides is 2. The zero-order valence-corrected chi connectivity index (χ0v) is 8.39. The van der Waals surface area contributed by atoms with Gasteiger partial charge in [0.1, 0.15) is 11.3 Å². The monoisotopic (exact) mass is 236 g/mol. The molecule has 0 saturated carbocycles. The second kappa shape index (κ2) is 4.44. The predicted molar refractivity (Wildman–Crippen MR) is 49.8 cm³/mol. The first kappa shape index (κ1) is 11.7. The molecular formula is C9H7ClF2O3. The molecule has 0 bridgehead atoms. The van der Waals surface area contributed by atoms with E-state index in [1.807, 2.05) is 0 Å². The normalized spacial score (nSPS) is 10.5. The minimum Gasteiger partial charge on any atom is -0.478 e. The molecule has 0 heterocycles. The molecule has 82 valence electrons. The van der Waals surface area contributed by atoms with Crippen molar-refractivity contribution >= 4 is 17.6 Å². The van der Waals surface area contributed by atoms with Gasteiger partial charge in [-0.3, -0.25) is 0 Å². The van der Waals surface area contributed by atoms with Gasteiger partial charge in [-0.15, -0.1) is 0 Å². The fraction of sp³-hybridized carbons (Fsp3) is 0.222. The number of aryl methyl sites for hydroxylation is 1. The van der Waals surface area contributed by atoms with E-state index in [-0.39, 0.29) is 10.6 Å². The highest BCUT2D eigenvalue weighted by molar-refractivity contribution is 6.34. The van der Waals surface area contributed by atoms with Crippen molar-refractivity contribution in [3.05, 3.63) is 28.3 Å². The molecule has 0 saturated heterocycles. The lowest BCUT2D eigenvalue weighted by Crippen LogP contribution is -2.09. The third-order valence-electron chi connectivity index (χ3n) is 1.72. The summed E-state index contributed by atoms with van der Waals surface area (Å²) in [6.07, 6.45) is 0. The predicted octanol–water partition coefficient (Wildman–Crippen LogP) is 2.95. The number of halogens is 3. The number of aromatic carboxylic acids is 1. The Morgan fingerprint density at radius 1 is 1.53 bits per heavy atom. The van der Waals surface area contributed by atoms with E-state index in [4.69, 9.17) is 16.7 Å². The van der Waals surface area contributed by atoms with Crippen molar-refractivity contribution < 1.29 is 23.4 Å². The van der Waals surface area contributed by atoms with Crippen molar-refractivity contribution in [1.29, 1.82) is 0 Å². The Labute approximate surface area is 89.2 Å². The van der Waals surface area contributed by atoms with Crippen LogP contribution in [-0.2, 0) is 0 Å². The molecule has 0 spiro atoms. The molecule has 3 nitrogen and oxygen atoms in total. The fourth-order valence-corrected chi connectivity index (χ4v) is 1.33. The number of hydrogen-bond acceptors (Lipinski definition) is 2. The average molecular weight is 237 g/mol. The van der Waals surface area contributed by atoms with E-state index in [0.29, 0.717) is 0 Å². The molecule has 1 aromatic rings. The van der Waals surface area contributed by atoms with Gasteiger partial charge in [0, 0.05) is 0 Å². The van der Waals surface area contributed by atoms with Crippen molar-refractivity contribution in [1.82, 2.24) is 0 Å². The Morgan fingerprint density at radius 2 is 2.13 bits per heavy atom. The molecule has 0 fully saturated rings. The first-order valence-electron chi connectivity index (χ1n) is 3.90. The van der Waals surface area contributed by atoms with Crippen LogP contribution in [0.2, 0.25) is 5.02 Å². The third kappa shape index (κ3) is 2.56. The lowest BCUT2D eigenvalue weighted by molar-refractivity contribution is -0.0507. The van der Waals surface area contributed by atoms with Crippen LogP contribution in [0, 0.1) is 6.92 Å². The van der Waals surface area contributed by atoms with Crippen LogP contribution in [0.25, 0.3) is 0 Å². The maximum absolute atomic E-state index is 12.0. The zero-order valence-electron chi connectivity index (χ0n) is 7.63. The van der Waals surface area contributed by atoms with Crippen molar-refractivity contribution in [2.45, 2.75) is 13.5 Å². The number of rotatable bonds is 3. The van der Waals surface area contributed by atoms with Gasteiger partial charge < -0.3 is 9.84 Å². The Kier molecular flexibility index (Phi) is 3.47. The average Bonchev–Trinajstić information content (AvgIpc) is 2.10. The van der Waals surface area contributed by atoms with E-state index in [0.717, 1.165) is 0 Å². The van der Waals surface area contributed by atoms with Gasteiger partial charge in [-0.25, -0.2) is 4.79 Å². The Hall–Kier alpha value is -1.36. The van der Waals surface area contributed by atoms with Gasteiger partial charge in [0.15, 0.2) is 0 Å². The Morgan fingerprint density at radius 3 is 2.60 bits per heavy atom. The van der Waals surface area contributed by atoms with Gasteiger partial charge in [-0.1, -0.05) is 17.7 Å². The number of hydrogen-bond donors (Lipinski definition) is 1. The van der Waals surface area contributed by atoms with Crippen molar-refractivity contribution in [2.24, 2.45) is 0 Å². The first-order chi connectivity index (χ1) is 6.93. The maximum atomic E-state index is 12.0. The molecule has 0 radical (unpaired) electrons. The minimum absolute atomic E-state index is 0.135. The van der Waals surface area contributed by atoms with Crippen LogP contribution in [0.15, 0.2) is 12.1 Å². The lowest BCUT2D eigenvalue weighted by atomic mass is 10.1. The Balaban J connectivity index is 3.31. The van der Waals surface area contributed by atoms with Gasteiger partial charge in [-0.2, -0.15) is 8.78 Å². The fourth-order valence-electron chi connectivity index (χ4n) is 1.10. The van der Waals surface area contributed by atoms with Crippen LogP contribution < -0.4 is 4.74 Å². The number of benzene rings is 1. The van der Waals surface area contributed by atoms with Crippen molar-refractivity contribution in [3.63, 3.8) is 0 Å². The molecule has 15 heavy (non-hydrogen) atoms. The van der Waals surface area contributed by atoms with Crippen LogP contribution in [0.5, 0.6) is 5.75 Å². The van der Waals surface area contributed by atoms with E-state index in [9.17, 15) is 13.6 Å². The summed E-state index contributed by atoms with van der Waals surface area (Å²) < 4.78 is 28.2. The molecule has 0 aliphatic carbocycles. The van der Waals surface area contributed by atoms with E-state index >= 15 is 0 Å². The number of carboxylic acids is 1. The highest BCUT2D eigenvalue weighted by atomic mass is 35.5. The van der Waals surface area contributed by atoms with Gasteiger partial charge in [0.05, 0.1) is 5.02 Å². The van der Waals surface area contributed by atoms with Crippen LogP contribution in [0.3, 0.4) is 0 Å². The van der Waals surface area contributed by atoms with Crippen LogP contribution >= 0.6 is 11.6 Å². The van der Waals surface area contributed by atoms with E-state index in [2.05, 4.69) is 4.74 Å². The lowest BCUT2D eigenvalue weighted by Gasteiger charge is -2.11. The second-order valence-electron chi connectivity index (χ2n) is 2.75. The molecule has 1 aromatic carbocycles. The summed E-state index contributed by atoms with van der Waals surface area (Å²) in [6.45, 7) is -1.62. The van der Waals surface area contributed by atoms with Crippen molar-refractivity contribution in [2.75, 3.05) is 0 Å².